The van der Waals surface area contributed by atoms with Gasteiger partial charge >= 0.3 is 0 Å². The second kappa shape index (κ2) is 7.51. The van der Waals surface area contributed by atoms with Crippen LogP contribution in [0.5, 0.6) is 0 Å². The molecule has 1 rings (SSSR count). The van der Waals surface area contributed by atoms with Crippen LogP contribution < -0.4 is 0 Å². The van der Waals surface area contributed by atoms with Gasteiger partial charge in [0.15, 0.2) is 6.17 Å². The first kappa shape index (κ1) is 16.8. The summed E-state index contributed by atoms with van der Waals surface area (Å²) in [6.45, 7) is 6.22. The normalized spacial score (nSPS) is 36.0. The molecule has 1 N–H and O–H groups in total. The average molecular weight is 280 g/mol. The molecule has 0 saturated heterocycles. The van der Waals surface area contributed by atoms with Crippen molar-refractivity contribution in [2.75, 3.05) is 6.61 Å². The molecule has 1 fully saturated rings. The van der Waals surface area contributed by atoms with Gasteiger partial charge in [-0.2, -0.15) is 0 Å². The van der Waals surface area contributed by atoms with Crippen molar-refractivity contribution in [1.29, 1.82) is 0 Å². The molecule has 0 spiro atoms. The van der Waals surface area contributed by atoms with E-state index in [2.05, 4.69) is 6.92 Å². The molecule has 1 aliphatic carbocycles. The summed E-state index contributed by atoms with van der Waals surface area (Å²) in [5.74, 6) is 0.609. The van der Waals surface area contributed by atoms with Crippen LogP contribution in [0.4, 0.5) is 13.2 Å². The molecule has 6 atom stereocenters. The van der Waals surface area contributed by atoms with E-state index in [9.17, 15) is 13.2 Å². The lowest BCUT2D eigenvalue weighted by atomic mass is 9.84. The molecule has 0 aromatic heterocycles. The SMILES string of the molecule is CC(CO)CC1CC(C)C(C)CC(C(F)C(F)F)C1. The lowest BCUT2D eigenvalue weighted by Crippen LogP contribution is -2.26. The van der Waals surface area contributed by atoms with E-state index in [0.29, 0.717) is 18.8 Å². The summed E-state index contributed by atoms with van der Waals surface area (Å²) in [7, 11) is 0. The van der Waals surface area contributed by atoms with Crippen molar-refractivity contribution < 1.29 is 18.3 Å². The molecule has 0 aromatic carbocycles. The van der Waals surface area contributed by atoms with Crippen LogP contribution in [-0.2, 0) is 0 Å². The third kappa shape index (κ3) is 4.97. The average Bonchev–Trinajstić information content (AvgIpc) is 2.48. The minimum atomic E-state index is -2.87. The van der Waals surface area contributed by atoms with Gasteiger partial charge in [-0.3, -0.25) is 0 Å². The monoisotopic (exact) mass is 280 g/mol. The Balaban J connectivity index is 2.72. The molecule has 0 radical (unpaired) electrons. The van der Waals surface area contributed by atoms with Crippen LogP contribution in [0.3, 0.4) is 0 Å². The first-order valence-electron chi connectivity index (χ1n) is 7.38. The fraction of sp³-hybridized carbons (Fsp3) is 1.00. The van der Waals surface area contributed by atoms with Crippen molar-refractivity contribution in [1.82, 2.24) is 0 Å². The predicted octanol–water partition coefficient (Wildman–Crippen LogP) is 4.30. The smallest absolute Gasteiger partial charge is 0.269 e. The fourth-order valence-corrected chi connectivity index (χ4v) is 3.39. The minimum absolute atomic E-state index is 0.110. The number of aliphatic hydroxyl groups is 1. The van der Waals surface area contributed by atoms with Gasteiger partial charge in [0.2, 0.25) is 0 Å². The molecule has 4 heteroatoms. The predicted molar refractivity (Wildman–Crippen MR) is 70.9 cm³/mol. The molecule has 1 aliphatic rings. The number of hydrogen-bond donors (Lipinski definition) is 1. The summed E-state index contributed by atoms with van der Waals surface area (Å²) in [6, 6.07) is 0. The Kier molecular flexibility index (Phi) is 6.64. The van der Waals surface area contributed by atoms with Crippen molar-refractivity contribution in [2.45, 2.75) is 59.1 Å². The lowest BCUT2D eigenvalue weighted by molar-refractivity contribution is 0.00479. The van der Waals surface area contributed by atoms with E-state index < -0.39 is 18.5 Å². The molecular formula is C15H27F3O. The molecule has 0 heterocycles. The number of rotatable bonds is 5. The van der Waals surface area contributed by atoms with E-state index in [1.165, 1.54) is 0 Å². The Bertz CT molecular complexity index is 260. The summed E-state index contributed by atoms with van der Waals surface area (Å²) in [5.41, 5.74) is 0. The molecule has 0 bridgehead atoms. The second-order valence-electron chi connectivity index (χ2n) is 6.59. The summed E-state index contributed by atoms with van der Waals surface area (Å²) in [6.07, 6.45) is -2.03. The molecule has 6 unspecified atom stereocenters. The minimum Gasteiger partial charge on any atom is -0.396 e. The van der Waals surface area contributed by atoms with Gasteiger partial charge in [0.05, 0.1) is 0 Å². The van der Waals surface area contributed by atoms with Gasteiger partial charge in [0.25, 0.3) is 6.43 Å². The molecule has 114 valence electrons. The third-order valence-electron chi connectivity index (χ3n) is 4.73. The fourth-order valence-electron chi connectivity index (χ4n) is 3.39. The number of hydrogen-bond acceptors (Lipinski definition) is 1. The van der Waals surface area contributed by atoms with Crippen molar-refractivity contribution in [3.63, 3.8) is 0 Å². The molecular weight excluding hydrogens is 253 g/mol. The van der Waals surface area contributed by atoms with Crippen LogP contribution in [-0.4, -0.2) is 24.3 Å². The highest BCUT2D eigenvalue weighted by atomic mass is 19.3. The standard InChI is InChI=1S/C15H27F3O/c1-9(8-19)4-12-5-10(2)11(3)6-13(7-12)14(16)15(17)18/h9-15,19H,4-8H2,1-3H3. The van der Waals surface area contributed by atoms with Crippen molar-refractivity contribution >= 4 is 0 Å². The number of aliphatic hydroxyl groups excluding tert-OH is 1. The second-order valence-corrected chi connectivity index (χ2v) is 6.59. The van der Waals surface area contributed by atoms with Crippen LogP contribution in [0.1, 0.15) is 46.5 Å². The van der Waals surface area contributed by atoms with E-state index in [-0.39, 0.29) is 24.4 Å². The van der Waals surface area contributed by atoms with E-state index in [4.69, 9.17) is 5.11 Å². The Morgan fingerprint density at radius 1 is 1.05 bits per heavy atom. The summed E-state index contributed by atoms with van der Waals surface area (Å²) < 4.78 is 38.9. The van der Waals surface area contributed by atoms with Gasteiger partial charge in [-0.1, -0.05) is 20.8 Å². The van der Waals surface area contributed by atoms with E-state index in [1.54, 1.807) is 0 Å². The van der Waals surface area contributed by atoms with Crippen molar-refractivity contribution in [3.8, 4) is 0 Å². The van der Waals surface area contributed by atoms with Crippen molar-refractivity contribution in [3.05, 3.63) is 0 Å². The molecule has 1 nitrogen and oxygen atoms in total. The Hall–Kier alpha value is -0.250. The largest absolute Gasteiger partial charge is 0.396 e. The maximum absolute atomic E-state index is 13.7. The maximum atomic E-state index is 13.7. The summed E-state index contributed by atoms with van der Waals surface area (Å²) in [5, 5.41) is 9.12. The third-order valence-corrected chi connectivity index (χ3v) is 4.73. The molecule has 0 aromatic rings. The zero-order chi connectivity index (χ0) is 14.6. The van der Waals surface area contributed by atoms with Crippen LogP contribution in [0.15, 0.2) is 0 Å². The first-order chi connectivity index (χ1) is 8.85. The highest BCUT2D eigenvalue weighted by Gasteiger charge is 2.36. The van der Waals surface area contributed by atoms with Crippen molar-refractivity contribution in [2.24, 2.45) is 29.6 Å². The maximum Gasteiger partial charge on any atom is 0.269 e. The topological polar surface area (TPSA) is 20.2 Å². The summed E-state index contributed by atoms with van der Waals surface area (Å²) in [4.78, 5) is 0. The van der Waals surface area contributed by atoms with Crippen LogP contribution >= 0.6 is 0 Å². The highest BCUT2D eigenvalue weighted by molar-refractivity contribution is 4.83. The Labute approximate surface area is 114 Å². The lowest BCUT2D eigenvalue weighted by Gasteiger charge is -2.24. The summed E-state index contributed by atoms with van der Waals surface area (Å²) >= 11 is 0. The van der Waals surface area contributed by atoms with Crippen LogP contribution in [0, 0.1) is 29.6 Å². The van der Waals surface area contributed by atoms with Gasteiger partial charge in [-0.15, -0.1) is 0 Å². The van der Waals surface area contributed by atoms with Gasteiger partial charge < -0.3 is 5.11 Å². The molecule has 0 aliphatic heterocycles. The zero-order valence-corrected chi connectivity index (χ0v) is 12.2. The Morgan fingerprint density at radius 3 is 2.16 bits per heavy atom. The highest BCUT2D eigenvalue weighted by Crippen LogP contribution is 2.40. The van der Waals surface area contributed by atoms with Gasteiger partial charge in [-0.25, -0.2) is 13.2 Å². The number of halogens is 3. The van der Waals surface area contributed by atoms with Crippen LogP contribution in [0.25, 0.3) is 0 Å². The number of alkyl halides is 3. The molecule has 19 heavy (non-hydrogen) atoms. The van der Waals surface area contributed by atoms with Gasteiger partial charge in [-0.05, 0) is 55.3 Å². The van der Waals surface area contributed by atoms with Gasteiger partial charge in [0.1, 0.15) is 0 Å². The molecule has 0 amide bonds. The molecule has 1 saturated carbocycles. The quantitative estimate of drug-likeness (QED) is 0.745. The Morgan fingerprint density at radius 2 is 1.63 bits per heavy atom. The first-order valence-corrected chi connectivity index (χ1v) is 7.38. The van der Waals surface area contributed by atoms with Gasteiger partial charge in [0, 0.05) is 6.61 Å². The van der Waals surface area contributed by atoms with E-state index >= 15 is 0 Å². The van der Waals surface area contributed by atoms with E-state index in [1.807, 2.05) is 13.8 Å². The zero-order valence-electron chi connectivity index (χ0n) is 12.2. The van der Waals surface area contributed by atoms with Crippen LogP contribution in [0.2, 0.25) is 0 Å². The van der Waals surface area contributed by atoms with E-state index in [0.717, 1.165) is 12.8 Å².